The molecule has 0 saturated heterocycles. The normalized spacial score (nSPS) is 14.6. The maximum Gasteiger partial charge on any atom is 0.324 e. The van der Waals surface area contributed by atoms with Gasteiger partial charge in [-0.05, 0) is 48.6 Å². The van der Waals surface area contributed by atoms with E-state index in [9.17, 15) is 22.8 Å². The summed E-state index contributed by atoms with van der Waals surface area (Å²) in [5.74, 6) is -0.647. The molecule has 214 valence electrons. The summed E-state index contributed by atoms with van der Waals surface area (Å²) < 4.78 is 30.1. The molecule has 0 bridgehead atoms. The van der Waals surface area contributed by atoms with Crippen molar-refractivity contribution in [1.82, 2.24) is 10.3 Å². The Labute approximate surface area is 232 Å². The Morgan fingerprint density at radius 2 is 1.88 bits per heavy atom. The molecule has 1 aliphatic heterocycles. The number of methoxy groups -OCH3 is 1. The van der Waals surface area contributed by atoms with E-state index in [1.54, 1.807) is 37.3 Å². The Bertz CT molecular complexity index is 1450. The number of aliphatic imine (C=N–C) groups is 1. The second kappa shape index (κ2) is 13.2. The Hall–Kier alpha value is -4.26. The smallest absolute Gasteiger partial charge is 0.324 e. The van der Waals surface area contributed by atoms with Gasteiger partial charge in [-0.15, -0.1) is 0 Å². The molecule has 12 nitrogen and oxygen atoms in total. The second-order valence-electron chi connectivity index (χ2n) is 9.70. The molecule has 1 aromatic heterocycles. The van der Waals surface area contributed by atoms with Crippen molar-refractivity contribution in [3.63, 3.8) is 0 Å². The van der Waals surface area contributed by atoms with Gasteiger partial charge < -0.3 is 20.5 Å². The molecular formula is C27H33N5O7S. The van der Waals surface area contributed by atoms with Crippen LogP contribution < -0.4 is 20.7 Å². The zero-order chi connectivity index (χ0) is 29.4. The number of pyridine rings is 1. The Balaban J connectivity index is 1.66. The van der Waals surface area contributed by atoms with Crippen LogP contribution in [0.4, 0.5) is 16.3 Å². The quantitative estimate of drug-likeness (QED) is 0.298. The SMILES string of the molecule is COc1cccnc1NC(=O)Nc1ccc(CC(=O)NC(CC(C)C)C2=CS(=O)(=O)C(CCC(=O)O)=N2)cc1C. The maximum absolute atomic E-state index is 12.9. The minimum atomic E-state index is -3.83. The molecule has 1 unspecified atom stereocenters. The largest absolute Gasteiger partial charge is 0.493 e. The van der Waals surface area contributed by atoms with Crippen LogP contribution in [0.2, 0.25) is 0 Å². The molecule has 0 saturated carbocycles. The topological polar surface area (TPSA) is 176 Å². The van der Waals surface area contributed by atoms with Gasteiger partial charge in [0.05, 0.1) is 37.1 Å². The number of ether oxygens (including phenoxy) is 1. The molecule has 3 amide bonds. The van der Waals surface area contributed by atoms with Crippen molar-refractivity contribution >= 4 is 44.3 Å². The summed E-state index contributed by atoms with van der Waals surface area (Å²) in [6.45, 7) is 5.67. The molecule has 0 fully saturated rings. The molecule has 1 aromatic carbocycles. The number of aromatic nitrogens is 1. The fraction of sp³-hybridized carbons (Fsp3) is 0.370. The molecule has 40 heavy (non-hydrogen) atoms. The third-order valence-corrected chi connectivity index (χ3v) is 7.44. The first-order valence-electron chi connectivity index (χ1n) is 12.6. The number of nitrogens with one attached hydrogen (secondary N) is 3. The molecule has 0 spiro atoms. The molecule has 13 heteroatoms. The van der Waals surface area contributed by atoms with E-state index in [1.807, 2.05) is 13.8 Å². The standard InChI is InChI=1S/C27H33N5O7S/c1-16(2)12-20(21-15-40(37,38)24(30-21)9-10-25(34)35)29-23(33)14-18-7-8-19(17(3)13-18)31-27(36)32-26-22(39-4)6-5-11-28-26/h5-8,11,13,15-16,20H,9-10,12,14H2,1-4H3,(H,29,33)(H,34,35)(H2,28,31,32,36). The number of aryl methyl sites for hydroxylation is 1. The lowest BCUT2D eigenvalue weighted by molar-refractivity contribution is -0.136. The van der Waals surface area contributed by atoms with Gasteiger partial charge in [0.15, 0.2) is 11.6 Å². The third-order valence-electron chi connectivity index (χ3n) is 5.94. The number of rotatable bonds is 12. The monoisotopic (exact) mass is 571 g/mol. The number of nitrogens with zero attached hydrogens (tertiary/aromatic N) is 2. The number of carboxylic acid groups (broad SMARTS) is 1. The second-order valence-corrected chi connectivity index (χ2v) is 11.5. The number of benzene rings is 1. The number of aliphatic carboxylic acids is 1. The molecule has 1 aliphatic rings. The highest BCUT2D eigenvalue weighted by molar-refractivity contribution is 8.09. The summed E-state index contributed by atoms with van der Waals surface area (Å²) in [5, 5.41) is 18.0. The van der Waals surface area contributed by atoms with E-state index in [1.165, 1.54) is 13.3 Å². The van der Waals surface area contributed by atoms with Crippen LogP contribution in [0.5, 0.6) is 5.75 Å². The minimum absolute atomic E-state index is 0.0165. The van der Waals surface area contributed by atoms with E-state index in [4.69, 9.17) is 9.84 Å². The molecule has 3 rings (SSSR count). The van der Waals surface area contributed by atoms with Crippen molar-refractivity contribution in [2.24, 2.45) is 10.9 Å². The van der Waals surface area contributed by atoms with E-state index in [0.717, 1.165) is 11.0 Å². The van der Waals surface area contributed by atoms with Gasteiger partial charge in [0.25, 0.3) is 0 Å². The summed E-state index contributed by atoms with van der Waals surface area (Å²) in [6, 6.07) is 7.36. The predicted octanol–water partition coefficient (Wildman–Crippen LogP) is 3.65. The number of carboxylic acids is 1. The number of sulfone groups is 1. The van der Waals surface area contributed by atoms with Crippen molar-refractivity contribution < 1.29 is 32.6 Å². The summed E-state index contributed by atoms with van der Waals surface area (Å²) in [7, 11) is -2.35. The Kier molecular flexibility index (Phi) is 9.99. The van der Waals surface area contributed by atoms with Gasteiger partial charge in [0.1, 0.15) is 5.04 Å². The maximum atomic E-state index is 12.9. The van der Waals surface area contributed by atoms with E-state index in [2.05, 4.69) is 25.9 Å². The van der Waals surface area contributed by atoms with Crippen molar-refractivity contribution in [2.45, 2.75) is 52.5 Å². The molecule has 2 heterocycles. The number of carbonyl (C=O) groups is 3. The van der Waals surface area contributed by atoms with E-state index < -0.39 is 27.9 Å². The van der Waals surface area contributed by atoms with Crippen LogP contribution in [0.15, 0.2) is 52.6 Å². The third kappa shape index (κ3) is 8.37. The van der Waals surface area contributed by atoms with Crippen LogP contribution >= 0.6 is 0 Å². The van der Waals surface area contributed by atoms with Crippen LogP contribution in [0.1, 0.15) is 44.2 Å². The van der Waals surface area contributed by atoms with Crippen molar-refractivity contribution in [2.75, 3.05) is 17.7 Å². The average Bonchev–Trinajstić information content (AvgIpc) is 3.18. The molecule has 1 atom stereocenters. The first-order valence-corrected chi connectivity index (χ1v) is 14.1. The number of amides is 3. The zero-order valence-electron chi connectivity index (χ0n) is 22.7. The van der Waals surface area contributed by atoms with Crippen molar-refractivity contribution in [1.29, 1.82) is 0 Å². The fourth-order valence-corrected chi connectivity index (χ4v) is 5.37. The number of urea groups is 1. The lowest BCUT2D eigenvalue weighted by Gasteiger charge is -2.20. The molecule has 2 aromatic rings. The van der Waals surface area contributed by atoms with Gasteiger partial charge in [-0.2, -0.15) is 0 Å². The Morgan fingerprint density at radius 3 is 2.52 bits per heavy atom. The molecule has 4 N–H and O–H groups in total. The van der Waals surface area contributed by atoms with E-state index >= 15 is 0 Å². The van der Waals surface area contributed by atoms with Gasteiger partial charge in [-0.1, -0.05) is 26.0 Å². The number of hydrogen-bond acceptors (Lipinski definition) is 8. The molecule has 0 aliphatic carbocycles. The average molecular weight is 572 g/mol. The zero-order valence-corrected chi connectivity index (χ0v) is 23.5. The lowest BCUT2D eigenvalue weighted by Crippen LogP contribution is -2.37. The number of carbonyl (C=O) groups excluding carboxylic acids is 2. The van der Waals surface area contributed by atoms with E-state index in [0.29, 0.717) is 23.4 Å². The predicted molar refractivity (Wildman–Crippen MR) is 151 cm³/mol. The summed E-state index contributed by atoms with van der Waals surface area (Å²) in [4.78, 5) is 44.6. The first kappa shape index (κ1) is 30.3. The first-order chi connectivity index (χ1) is 18.9. The fourth-order valence-electron chi connectivity index (χ4n) is 4.08. The van der Waals surface area contributed by atoms with Crippen LogP contribution in [0.25, 0.3) is 0 Å². The molecular weight excluding hydrogens is 538 g/mol. The lowest BCUT2D eigenvalue weighted by atomic mass is 10.0. The number of anilines is 2. The highest BCUT2D eigenvalue weighted by Crippen LogP contribution is 2.25. The minimum Gasteiger partial charge on any atom is -0.493 e. The van der Waals surface area contributed by atoms with Crippen molar-refractivity contribution in [3.05, 3.63) is 58.8 Å². The van der Waals surface area contributed by atoms with Gasteiger partial charge >= 0.3 is 12.0 Å². The molecule has 0 radical (unpaired) electrons. The summed E-state index contributed by atoms with van der Waals surface area (Å²) >= 11 is 0. The summed E-state index contributed by atoms with van der Waals surface area (Å²) in [6.07, 6.45) is 1.42. The highest BCUT2D eigenvalue weighted by atomic mass is 32.2. The van der Waals surface area contributed by atoms with Gasteiger partial charge in [-0.3, -0.25) is 14.9 Å². The summed E-state index contributed by atoms with van der Waals surface area (Å²) in [5.41, 5.74) is 2.14. The van der Waals surface area contributed by atoms with Crippen LogP contribution in [0.3, 0.4) is 0 Å². The van der Waals surface area contributed by atoms with Crippen LogP contribution in [0, 0.1) is 12.8 Å². The van der Waals surface area contributed by atoms with Gasteiger partial charge in [-0.25, -0.2) is 23.2 Å². The Morgan fingerprint density at radius 1 is 1.12 bits per heavy atom. The van der Waals surface area contributed by atoms with Crippen molar-refractivity contribution in [3.8, 4) is 5.75 Å². The number of hydrogen-bond donors (Lipinski definition) is 4. The van der Waals surface area contributed by atoms with Gasteiger partial charge in [0, 0.05) is 18.3 Å². The van der Waals surface area contributed by atoms with Gasteiger partial charge in [0.2, 0.25) is 15.7 Å². The van der Waals surface area contributed by atoms with E-state index in [-0.39, 0.29) is 47.6 Å². The van der Waals surface area contributed by atoms with Crippen LogP contribution in [-0.2, 0) is 25.8 Å². The highest BCUT2D eigenvalue weighted by Gasteiger charge is 2.30. The van der Waals surface area contributed by atoms with Crippen LogP contribution in [-0.4, -0.2) is 54.6 Å².